The number of aryl methyl sites for hydroxylation is 1. The van der Waals surface area contributed by atoms with E-state index in [-0.39, 0.29) is 5.91 Å². The van der Waals surface area contributed by atoms with Crippen LogP contribution in [0.3, 0.4) is 0 Å². The Balaban J connectivity index is 1.38. The van der Waals surface area contributed by atoms with Crippen LogP contribution in [0.15, 0.2) is 42.3 Å². The summed E-state index contributed by atoms with van der Waals surface area (Å²) in [7, 11) is 0. The molecule has 0 atom stereocenters. The summed E-state index contributed by atoms with van der Waals surface area (Å²) in [5.41, 5.74) is 2.70. The van der Waals surface area contributed by atoms with E-state index in [1.165, 1.54) is 0 Å². The lowest BCUT2D eigenvalue weighted by Crippen LogP contribution is -2.48. The molecule has 0 bridgehead atoms. The van der Waals surface area contributed by atoms with Crippen LogP contribution in [0, 0.1) is 6.92 Å². The Morgan fingerprint density at radius 2 is 1.92 bits per heavy atom. The van der Waals surface area contributed by atoms with Crippen molar-refractivity contribution in [3.8, 4) is 5.69 Å². The van der Waals surface area contributed by atoms with Crippen molar-refractivity contribution in [2.45, 2.75) is 13.5 Å². The number of thiazole rings is 1. The predicted molar refractivity (Wildman–Crippen MR) is 99.4 cm³/mol. The molecule has 0 aliphatic carbocycles. The zero-order chi connectivity index (χ0) is 17.9. The lowest BCUT2D eigenvalue weighted by Gasteiger charge is -2.34. The van der Waals surface area contributed by atoms with Crippen molar-refractivity contribution in [3.05, 3.63) is 58.6 Å². The number of carbonyl (C=O) groups excluding carboxylic acids is 1. The molecule has 0 spiro atoms. The lowest BCUT2D eigenvalue weighted by molar-refractivity contribution is 0.0627. The van der Waals surface area contributed by atoms with Gasteiger partial charge < -0.3 is 4.90 Å². The molecule has 1 aliphatic heterocycles. The van der Waals surface area contributed by atoms with Gasteiger partial charge in [0.1, 0.15) is 12.7 Å². The Morgan fingerprint density at radius 1 is 1.15 bits per heavy atom. The van der Waals surface area contributed by atoms with Crippen LogP contribution >= 0.6 is 11.3 Å². The largest absolute Gasteiger partial charge is 0.336 e. The molecule has 26 heavy (non-hydrogen) atoms. The van der Waals surface area contributed by atoms with Crippen molar-refractivity contribution in [1.82, 2.24) is 29.5 Å². The van der Waals surface area contributed by atoms with Gasteiger partial charge in [-0.25, -0.2) is 4.98 Å². The van der Waals surface area contributed by atoms with Crippen LogP contribution in [-0.4, -0.2) is 61.6 Å². The molecule has 134 valence electrons. The number of piperazine rings is 1. The number of amides is 1. The second kappa shape index (κ2) is 7.35. The van der Waals surface area contributed by atoms with Crippen LogP contribution in [0.25, 0.3) is 5.69 Å². The quantitative estimate of drug-likeness (QED) is 0.705. The van der Waals surface area contributed by atoms with Gasteiger partial charge in [0.15, 0.2) is 0 Å². The first-order chi connectivity index (χ1) is 12.7. The Hall–Kier alpha value is -2.58. The molecule has 1 saturated heterocycles. The highest BCUT2D eigenvalue weighted by atomic mass is 32.1. The number of hydrogen-bond donors (Lipinski definition) is 0. The maximum absolute atomic E-state index is 12.8. The topological polar surface area (TPSA) is 67.2 Å². The monoisotopic (exact) mass is 368 g/mol. The highest BCUT2D eigenvalue weighted by Crippen LogP contribution is 2.15. The van der Waals surface area contributed by atoms with Crippen molar-refractivity contribution < 1.29 is 4.79 Å². The van der Waals surface area contributed by atoms with E-state index in [0.717, 1.165) is 49.1 Å². The molecule has 1 fully saturated rings. The van der Waals surface area contributed by atoms with Gasteiger partial charge in [-0.2, -0.15) is 0 Å². The maximum Gasteiger partial charge on any atom is 0.254 e. The molecular formula is C18H20N6OS. The van der Waals surface area contributed by atoms with Crippen LogP contribution < -0.4 is 0 Å². The number of benzene rings is 1. The first-order valence-electron chi connectivity index (χ1n) is 8.57. The Morgan fingerprint density at radius 3 is 2.62 bits per heavy atom. The van der Waals surface area contributed by atoms with E-state index in [1.54, 1.807) is 28.6 Å². The number of carbonyl (C=O) groups is 1. The second-order valence-electron chi connectivity index (χ2n) is 6.35. The normalized spacial score (nSPS) is 15.3. The molecule has 3 aromatic rings. The Labute approximate surface area is 155 Å². The molecule has 7 nitrogen and oxygen atoms in total. The van der Waals surface area contributed by atoms with Crippen molar-refractivity contribution in [1.29, 1.82) is 0 Å². The molecule has 1 amide bonds. The molecule has 0 saturated carbocycles. The highest BCUT2D eigenvalue weighted by Gasteiger charge is 2.22. The third-order valence-corrected chi connectivity index (χ3v) is 5.34. The molecular weight excluding hydrogens is 348 g/mol. The molecule has 8 heteroatoms. The number of aromatic nitrogens is 4. The standard InChI is InChI=1S/C18H20N6OS/c1-14-21-16(11-26-14)10-22-5-7-23(8-6-22)18(25)15-3-2-4-17(9-15)24-12-19-20-13-24/h2-4,9,11-13H,5-8,10H2,1H3. The average Bonchev–Trinajstić information content (AvgIpc) is 3.34. The molecule has 1 aliphatic rings. The van der Waals surface area contributed by atoms with Crippen molar-refractivity contribution in [3.63, 3.8) is 0 Å². The van der Waals surface area contributed by atoms with Crippen LogP contribution in [-0.2, 0) is 6.54 Å². The third-order valence-electron chi connectivity index (χ3n) is 4.52. The van der Waals surface area contributed by atoms with Crippen molar-refractivity contribution >= 4 is 17.2 Å². The summed E-state index contributed by atoms with van der Waals surface area (Å²) in [4.78, 5) is 21.6. The second-order valence-corrected chi connectivity index (χ2v) is 7.41. The number of rotatable bonds is 4. The molecule has 3 heterocycles. The van der Waals surface area contributed by atoms with Crippen LogP contribution in [0.2, 0.25) is 0 Å². The Kier molecular flexibility index (Phi) is 4.77. The van der Waals surface area contributed by atoms with E-state index in [0.29, 0.717) is 5.56 Å². The van der Waals surface area contributed by atoms with E-state index in [9.17, 15) is 4.79 Å². The van der Waals surface area contributed by atoms with Gasteiger partial charge in [-0.3, -0.25) is 14.3 Å². The van der Waals surface area contributed by atoms with Crippen molar-refractivity contribution in [2.24, 2.45) is 0 Å². The van der Waals surface area contributed by atoms with Crippen LogP contribution in [0.4, 0.5) is 0 Å². The lowest BCUT2D eigenvalue weighted by atomic mass is 10.1. The van der Waals surface area contributed by atoms with E-state index >= 15 is 0 Å². The summed E-state index contributed by atoms with van der Waals surface area (Å²) in [6.45, 7) is 6.09. The van der Waals surface area contributed by atoms with E-state index in [2.05, 4.69) is 25.5 Å². The zero-order valence-electron chi connectivity index (χ0n) is 14.6. The minimum absolute atomic E-state index is 0.0732. The van der Waals surface area contributed by atoms with Gasteiger partial charge in [0.2, 0.25) is 0 Å². The summed E-state index contributed by atoms with van der Waals surface area (Å²) in [5.74, 6) is 0.0732. The van der Waals surface area contributed by atoms with Gasteiger partial charge in [-0.05, 0) is 25.1 Å². The molecule has 4 rings (SSSR count). The first-order valence-corrected chi connectivity index (χ1v) is 9.45. The van der Waals surface area contributed by atoms with Gasteiger partial charge in [-0.15, -0.1) is 21.5 Å². The number of hydrogen-bond acceptors (Lipinski definition) is 6. The Bertz CT molecular complexity index is 883. The summed E-state index contributed by atoms with van der Waals surface area (Å²) in [6, 6.07) is 7.58. The van der Waals surface area contributed by atoms with Gasteiger partial charge in [0.05, 0.1) is 10.7 Å². The molecule has 0 N–H and O–H groups in total. The van der Waals surface area contributed by atoms with Crippen LogP contribution in [0.1, 0.15) is 21.1 Å². The minimum Gasteiger partial charge on any atom is -0.336 e. The zero-order valence-corrected chi connectivity index (χ0v) is 15.4. The van der Waals surface area contributed by atoms with Gasteiger partial charge in [-0.1, -0.05) is 6.07 Å². The predicted octanol–water partition coefficient (Wildman–Crippen LogP) is 1.99. The summed E-state index contributed by atoms with van der Waals surface area (Å²) < 4.78 is 1.80. The summed E-state index contributed by atoms with van der Waals surface area (Å²) >= 11 is 1.68. The summed E-state index contributed by atoms with van der Waals surface area (Å²) in [5, 5.41) is 10.8. The fourth-order valence-corrected chi connectivity index (χ4v) is 3.74. The molecule has 0 unspecified atom stereocenters. The van der Waals surface area contributed by atoms with E-state index < -0.39 is 0 Å². The fourth-order valence-electron chi connectivity index (χ4n) is 3.14. The number of nitrogens with zero attached hydrogens (tertiary/aromatic N) is 6. The first kappa shape index (κ1) is 16.9. The smallest absolute Gasteiger partial charge is 0.254 e. The maximum atomic E-state index is 12.8. The van der Waals surface area contributed by atoms with Gasteiger partial charge in [0.25, 0.3) is 5.91 Å². The molecule has 0 radical (unpaired) electrons. The molecule has 2 aromatic heterocycles. The average molecular weight is 368 g/mol. The fraction of sp³-hybridized carbons (Fsp3) is 0.333. The van der Waals surface area contributed by atoms with Gasteiger partial charge >= 0.3 is 0 Å². The highest BCUT2D eigenvalue weighted by molar-refractivity contribution is 7.09. The van der Waals surface area contributed by atoms with Crippen molar-refractivity contribution in [2.75, 3.05) is 26.2 Å². The minimum atomic E-state index is 0.0732. The third kappa shape index (κ3) is 3.66. The van der Waals surface area contributed by atoms with E-state index in [1.807, 2.05) is 36.1 Å². The van der Waals surface area contributed by atoms with Crippen LogP contribution in [0.5, 0.6) is 0 Å². The SMILES string of the molecule is Cc1nc(CN2CCN(C(=O)c3cccc(-n4cnnc4)c3)CC2)cs1. The molecule has 1 aromatic carbocycles. The van der Waals surface area contributed by atoms with E-state index in [4.69, 9.17) is 0 Å². The van der Waals surface area contributed by atoms with Gasteiger partial charge in [0, 0.05) is 49.4 Å². The summed E-state index contributed by atoms with van der Waals surface area (Å²) in [6.07, 6.45) is 3.26.